The first-order valence-corrected chi connectivity index (χ1v) is 11.7. The molecule has 5 rings (SSSR count). The number of nitrogens with zero attached hydrogens (tertiary/aromatic N) is 1. The Morgan fingerprint density at radius 3 is 2.91 bits per heavy atom. The van der Waals surface area contributed by atoms with E-state index in [2.05, 4.69) is 27.3 Å². The summed E-state index contributed by atoms with van der Waals surface area (Å²) in [5.74, 6) is 0.134. The van der Waals surface area contributed by atoms with Gasteiger partial charge in [-0.15, -0.1) is 0 Å². The molecule has 0 unspecified atom stereocenters. The summed E-state index contributed by atoms with van der Waals surface area (Å²) >= 11 is 3.70. The Labute approximate surface area is 194 Å². The van der Waals surface area contributed by atoms with E-state index in [0.29, 0.717) is 25.4 Å². The molecule has 1 amide bonds. The largest absolute Gasteiger partial charge is 0.492 e. The molecule has 0 radical (unpaired) electrons. The molecular weight excluding hydrogens is 479 g/mol. The lowest BCUT2D eigenvalue weighted by atomic mass is 9.91. The van der Waals surface area contributed by atoms with Gasteiger partial charge in [0.15, 0.2) is 5.78 Å². The van der Waals surface area contributed by atoms with Crippen LogP contribution in [-0.4, -0.2) is 49.4 Å². The van der Waals surface area contributed by atoms with Crippen LogP contribution in [0.15, 0.2) is 28.7 Å². The third kappa shape index (κ3) is 4.08. The number of ketones is 1. The highest BCUT2D eigenvalue weighted by atomic mass is 79.9. The van der Waals surface area contributed by atoms with Gasteiger partial charge < -0.3 is 19.7 Å². The summed E-state index contributed by atoms with van der Waals surface area (Å²) in [5, 5.41) is 2.91. The van der Waals surface area contributed by atoms with E-state index in [1.54, 1.807) is 4.90 Å². The average Bonchev–Trinajstić information content (AvgIpc) is 2.94. The van der Waals surface area contributed by atoms with Crippen molar-refractivity contribution >= 4 is 33.3 Å². The first-order chi connectivity index (χ1) is 15.5. The van der Waals surface area contributed by atoms with E-state index in [0.717, 1.165) is 23.1 Å². The number of fused-ring (bicyclic) bond motifs is 2. The molecular formula is C24H24BrFN2O4. The second-order valence-electron chi connectivity index (χ2n) is 8.62. The molecule has 0 aromatic heterocycles. The van der Waals surface area contributed by atoms with Crippen molar-refractivity contribution in [3.8, 4) is 11.5 Å². The highest BCUT2D eigenvalue weighted by Crippen LogP contribution is 2.36. The van der Waals surface area contributed by atoms with E-state index in [4.69, 9.17) is 9.47 Å². The van der Waals surface area contributed by atoms with Crippen molar-refractivity contribution < 1.29 is 23.5 Å². The minimum atomic E-state index is -0.650. The Morgan fingerprint density at radius 2 is 2.06 bits per heavy atom. The van der Waals surface area contributed by atoms with Gasteiger partial charge in [-0.05, 0) is 64.9 Å². The number of hydrogen-bond acceptors (Lipinski definition) is 5. The highest BCUT2D eigenvalue weighted by molar-refractivity contribution is 9.10. The molecule has 1 saturated heterocycles. The van der Waals surface area contributed by atoms with Crippen molar-refractivity contribution in [1.29, 1.82) is 0 Å². The molecule has 1 aliphatic carbocycles. The first-order valence-electron chi connectivity index (χ1n) is 10.9. The summed E-state index contributed by atoms with van der Waals surface area (Å²) in [6.07, 6.45) is 4.62. The molecule has 2 aromatic rings. The van der Waals surface area contributed by atoms with Crippen molar-refractivity contribution in [2.45, 2.75) is 25.7 Å². The van der Waals surface area contributed by atoms with Crippen LogP contribution < -0.4 is 14.8 Å². The number of Topliss-reactive ketones (excluding diaryl/α,β-unsaturated/α-hetero) is 1. The average molecular weight is 503 g/mol. The quantitative estimate of drug-likeness (QED) is 0.684. The number of amides is 1. The van der Waals surface area contributed by atoms with Crippen molar-refractivity contribution in [3.63, 3.8) is 0 Å². The van der Waals surface area contributed by atoms with Crippen LogP contribution in [0.4, 0.5) is 10.1 Å². The Kier molecular flexibility index (Phi) is 5.80. The van der Waals surface area contributed by atoms with Gasteiger partial charge in [-0.1, -0.05) is 6.07 Å². The monoisotopic (exact) mass is 502 g/mol. The number of ether oxygens (including phenoxy) is 2. The van der Waals surface area contributed by atoms with Gasteiger partial charge in [0.1, 0.15) is 23.9 Å². The number of aryl methyl sites for hydroxylation is 1. The Hall–Kier alpha value is -2.61. The van der Waals surface area contributed by atoms with Gasteiger partial charge in [0.25, 0.3) is 5.91 Å². The third-order valence-corrected chi connectivity index (χ3v) is 7.18. The minimum Gasteiger partial charge on any atom is -0.492 e. The maximum absolute atomic E-state index is 14.6. The number of nitrogens with one attached hydrogen (secondary N) is 1. The summed E-state index contributed by atoms with van der Waals surface area (Å²) < 4.78 is 27.0. The fraction of sp³-hybridized carbons (Fsp3) is 0.417. The van der Waals surface area contributed by atoms with Gasteiger partial charge in [0, 0.05) is 25.1 Å². The molecule has 6 nitrogen and oxygen atoms in total. The molecule has 3 aliphatic rings. The molecule has 32 heavy (non-hydrogen) atoms. The zero-order valence-corrected chi connectivity index (χ0v) is 19.2. The predicted octanol–water partition coefficient (Wildman–Crippen LogP) is 3.99. The molecule has 0 saturated carbocycles. The van der Waals surface area contributed by atoms with Gasteiger partial charge in [-0.2, -0.15) is 0 Å². The van der Waals surface area contributed by atoms with E-state index in [9.17, 15) is 14.0 Å². The highest BCUT2D eigenvalue weighted by Gasteiger charge is 2.34. The van der Waals surface area contributed by atoms with Crippen molar-refractivity contribution in [3.05, 3.63) is 51.2 Å². The number of halogens is 2. The third-order valence-electron chi connectivity index (χ3n) is 6.31. The topological polar surface area (TPSA) is 67.9 Å². The maximum Gasteiger partial charge on any atom is 0.256 e. The fourth-order valence-corrected chi connectivity index (χ4v) is 5.17. The van der Waals surface area contributed by atoms with Crippen molar-refractivity contribution in [2.24, 2.45) is 5.92 Å². The molecule has 2 aromatic carbocycles. The van der Waals surface area contributed by atoms with Crippen molar-refractivity contribution in [1.82, 2.24) is 4.90 Å². The van der Waals surface area contributed by atoms with Gasteiger partial charge >= 0.3 is 0 Å². The van der Waals surface area contributed by atoms with Crippen LogP contribution in [0, 0.1) is 11.7 Å². The van der Waals surface area contributed by atoms with Crippen LogP contribution in [-0.2, 0) is 17.6 Å². The Balaban J connectivity index is 1.19. The fourth-order valence-electron chi connectivity index (χ4n) is 4.47. The molecule has 1 fully saturated rings. The molecule has 0 atom stereocenters. The zero-order chi connectivity index (χ0) is 22.2. The van der Waals surface area contributed by atoms with Crippen LogP contribution in [0.1, 0.15) is 34.3 Å². The number of hydrogen-bond donors (Lipinski definition) is 1. The predicted molar refractivity (Wildman–Crippen MR) is 121 cm³/mol. The normalized spacial score (nSPS) is 17.9. The van der Waals surface area contributed by atoms with E-state index in [1.807, 2.05) is 6.07 Å². The summed E-state index contributed by atoms with van der Waals surface area (Å²) in [4.78, 5) is 26.0. The lowest BCUT2D eigenvalue weighted by Crippen LogP contribution is -2.52. The molecule has 168 valence electrons. The smallest absolute Gasteiger partial charge is 0.256 e. The molecule has 8 heteroatoms. The van der Waals surface area contributed by atoms with Gasteiger partial charge in [-0.3, -0.25) is 9.59 Å². The van der Waals surface area contributed by atoms with Gasteiger partial charge in [0.2, 0.25) is 0 Å². The maximum atomic E-state index is 14.6. The number of rotatable bonds is 4. The summed E-state index contributed by atoms with van der Waals surface area (Å²) in [7, 11) is 0. The Morgan fingerprint density at radius 1 is 1.25 bits per heavy atom. The lowest BCUT2D eigenvalue weighted by Gasteiger charge is -2.39. The number of carbonyl (C=O) groups is 2. The number of likely N-dealkylation sites (tertiary alicyclic amines) is 1. The van der Waals surface area contributed by atoms with E-state index in [1.165, 1.54) is 36.1 Å². The minimum absolute atomic E-state index is 0.0222. The van der Waals surface area contributed by atoms with Crippen LogP contribution in [0.2, 0.25) is 0 Å². The van der Waals surface area contributed by atoms with Crippen LogP contribution in [0.25, 0.3) is 0 Å². The van der Waals surface area contributed by atoms with Gasteiger partial charge in [0.05, 0.1) is 28.9 Å². The Bertz CT molecular complexity index is 1080. The molecule has 1 N–H and O–H groups in total. The zero-order valence-electron chi connectivity index (χ0n) is 17.6. The van der Waals surface area contributed by atoms with Gasteiger partial charge in [-0.25, -0.2) is 4.39 Å². The summed E-state index contributed by atoms with van der Waals surface area (Å²) in [6, 6.07) is 6.76. The van der Waals surface area contributed by atoms with E-state index >= 15 is 0 Å². The van der Waals surface area contributed by atoms with Crippen molar-refractivity contribution in [2.75, 3.05) is 38.2 Å². The molecule has 2 heterocycles. The number of benzene rings is 2. The van der Waals surface area contributed by atoms with E-state index < -0.39 is 5.82 Å². The number of carbonyl (C=O) groups excluding carboxylic acids is 2. The number of anilines is 1. The molecule has 0 bridgehead atoms. The van der Waals surface area contributed by atoms with Crippen LogP contribution >= 0.6 is 15.9 Å². The standard InChI is InChI=1S/C24H24BrFN2O4/c25-23-17-4-2-1-3-15(17)5-6-21(23)31-12-14-10-28(11-14)24(30)18-7-20-22(8-19(18)26)32-13-16(29)9-27-20/h5-8,14,27H,1-4,9-13H2. The van der Waals surface area contributed by atoms with Crippen LogP contribution in [0.5, 0.6) is 11.5 Å². The SMILES string of the molecule is O=C1CNc2cc(C(=O)N3CC(COc4ccc5c(c4Br)CCCC5)C3)c(F)cc2OC1. The molecule has 2 aliphatic heterocycles. The second kappa shape index (κ2) is 8.73. The molecule has 0 spiro atoms. The second-order valence-corrected chi connectivity index (χ2v) is 9.41. The first kappa shape index (κ1) is 21.2. The van der Waals surface area contributed by atoms with Crippen LogP contribution in [0.3, 0.4) is 0 Å². The summed E-state index contributed by atoms with van der Waals surface area (Å²) in [6.45, 7) is 1.51. The summed E-state index contributed by atoms with van der Waals surface area (Å²) in [5.41, 5.74) is 3.17. The lowest BCUT2D eigenvalue weighted by molar-refractivity contribution is -0.119. The van der Waals surface area contributed by atoms with E-state index in [-0.39, 0.29) is 42.1 Å².